The Balaban J connectivity index is 2.45. The van der Waals surface area contributed by atoms with Gasteiger partial charge in [-0.1, -0.05) is 24.9 Å². The number of nitrogens with zero attached hydrogens (tertiary/aromatic N) is 1. The van der Waals surface area contributed by atoms with Gasteiger partial charge in [-0.05, 0) is 25.7 Å². The van der Waals surface area contributed by atoms with Crippen LogP contribution in [-0.4, -0.2) is 16.2 Å². The first-order valence-electron chi connectivity index (χ1n) is 6.30. The summed E-state index contributed by atoms with van der Waals surface area (Å²) in [5, 5.41) is 0.102. The molecule has 1 aromatic rings. The standard InChI is InChI=1S/C12H17ClN2O3/c1-2-5-8-10(13)11(16)15(12(17)14-8)9-6-3-4-7-18-9/h9H,2-7H2,1H3,(H,14,17). The molecule has 1 aromatic heterocycles. The topological polar surface area (TPSA) is 64.1 Å². The second-order valence-electron chi connectivity index (χ2n) is 4.47. The Kier molecular flexibility index (Phi) is 4.24. The largest absolute Gasteiger partial charge is 0.358 e. The zero-order valence-corrected chi connectivity index (χ0v) is 11.1. The summed E-state index contributed by atoms with van der Waals surface area (Å²) in [5.41, 5.74) is -0.364. The molecule has 18 heavy (non-hydrogen) atoms. The van der Waals surface area contributed by atoms with Crippen molar-refractivity contribution < 1.29 is 4.74 Å². The third-order valence-corrected chi connectivity index (χ3v) is 3.48. The van der Waals surface area contributed by atoms with Gasteiger partial charge in [0.1, 0.15) is 11.3 Å². The molecule has 0 aromatic carbocycles. The van der Waals surface area contributed by atoms with Gasteiger partial charge >= 0.3 is 5.69 Å². The molecule has 0 aliphatic carbocycles. The van der Waals surface area contributed by atoms with E-state index in [1.807, 2.05) is 6.92 Å². The number of rotatable bonds is 3. The highest BCUT2D eigenvalue weighted by molar-refractivity contribution is 6.31. The van der Waals surface area contributed by atoms with Crippen LogP contribution in [0.3, 0.4) is 0 Å². The molecule has 0 radical (unpaired) electrons. The van der Waals surface area contributed by atoms with E-state index in [1.54, 1.807) is 0 Å². The highest BCUT2D eigenvalue weighted by Crippen LogP contribution is 2.20. The van der Waals surface area contributed by atoms with Crippen LogP contribution in [0.1, 0.15) is 44.5 Å². The summed E-state index contributed by atoms with van der Waals surface area (Å²) in [5.74, 6) is 0. The van der Waals surface area contributed by atoms with E-state index in [4.69, 9.17) is 16.3 Å². The molecule has 6 heteroatoms. The molecule has 0 saturated carbocycles. The lowest BCUT2D eigenvalue weighted by atomic mass is 10.2. The zero-order chi connectivity index (χ0) is 13.1. The number of aromatic nitrogens is 2. The number of hydrogen-bond donors (Lipinski definition) is 1. The van der Waals surface area contributed by atoms with Crippen molar-refractivity contribution in [3.05, 3.63) is 31.6 Å². The van der Waals surface area contributed by atoms with E-state index in [0.717, 1.165) is 23.8 Å². The molecular weight excluding hydrogens is 256 g/mol. The van der Waals surface area contributed by atoms with Crippen molar-refractivity contribution in [1.29, 1.82) is 0 Å². The second kappa shape index (κ2) is 5.71. The smallest absolute Gasteiger partial charge is 0.330 e. The molecule has 0 amide bonds. The third kappa shape index (κ3) is 2.52. The lowest BCUT2D eigenvalue weighted by molar-refractivity contribution is -0.0367. The molecule has 1 atom stereocenters. The Hall–Kier alpha value is -1.07. The highest BCUT2D eigenvalue weighted by atomic mass is 35.5. The van der Waals surface area contributed by atoms with Crippen LogP contribution in [0.2, 0.25) is 5.02 Å². The van der Waals surface area contributed by atoms with Crippen LogP contribution >= 0.6 is 11.6 Å². The van der Waals surface area contributed by atoms with E-state index in [9.17, 15) is 9.59 Å². The minimum absolute atomic E-state index is 0.102. The van der Waals surface area contributed by atoms with Crippen LogP contribution in [0, 0.1) is 0 Å². The van der Waals surface area contributed by atoms with Crippen molar-refractivity contribution in [2.75, 3.05) is 6.61 Å². The fourth-order valence-corrected chi connectivity index (χ4v) is 2.42. The molecule has 1 N–H and O–H groups in total. The zero-order valence-electron chi connectivity index (χ0n) is 10.4. The van der Waals surface area contributed by atoms with Crippen LogP contribution in [0.15, 0.2) is 9.59 Å². The van der Waals surface area contributed by atoms with E-state index >= 15 is 0 Å². The molecule has 1 saturated heterocycles. The van der Waals surface area contributed by atoms with Gasteiger partial charge in [0.15, 0.2) is 0 Å². The number of H-pyrrole nitrogens is 1. The Morgan fingerprint density at radius 2 is 2.22 bits per heavy atom. The molecule has 1 aliphatic rings. The van der Waals surface area contributed by atoms with Crippen molar-refractivity contribution in [3.63, 3.8) is 0 Å². The Morgan fingerprint density at radius 1 is 1.44 bits per heavy atom. The normalized spacial score (nSPS) is 20.0. The van der Waals surface area contributed by atoms with E-state index in [1.165, 1.54) is 0 Å². The minimum atomic E-state index is -0.483. The van der Waals surface area contributed by atoms with Crippen LogP contribution in [0.5, 0.6) is 0 Å². The van der Waals surface area contributed by atoms with Crippen LogP contribution in [0.25, 0.3) is 0 Å². The summed E-state index contributed by atoms with van der Waals surface area (Å²) in [7, 11) is 0. The average molecular weight is 273 g/mol. The molecule has 2 heterocycles. The first-order valence-corrected chi connectivity index (χ1v) is 6.67. The molecule has 1 unspecified atom stereocenters. The van der Waals surface area contributed by atoms with Gasteiger partial charge in [0, 0.05) is 12.3 Å². The summed E-state index contributed by atoms with van der Waals surface area (Å²) in [6.07, 6.45) is 3.51. The predicted octanol–water partition coefficient (Wildman–Crippen LogP) is 1.84. The molecule has 1 fully saturated rings. The van der Waals surface area contributed by atoms with Gasteiger partial charge in [0.25, 0.3) is 5.56 Å². The van der Waals surface area contributed by atoms with Crippen molar-refractivity contribution in [1.82, 2.24) is 9.55 Å². The van der Waals surface area contributed by atoms with Gasteiger partial charge in [-0.15, -0.1) is 0 Å². The van der Waals surface area contributed by atoms with Crippen molar-refractivity contribution >= 4 is 11.6 Å². The molecule has 0 bridgehead atoms. The lowest BCUT2D eigenvalue weighted by Crippen LogP contribution is -2.41. The Morgan fingerprint density at radius 3 is 2.83 bits per heavy atom. The van der Waals surface area contributed by atoms with Crippen molar-refractivity contribution in [2.24, 2.45) is 0 Å². The molecule has 1 aliphatic heterocycles. The quantitative estimate of drug-likeness (QED) is 0.913. The number of nitrogens with one attached hydrogen (secondary N) is 1. The summed E-state index contributed by atoms with van der Waals surface area (Å²) in [4.78, 5) is 26.8. The SMILES string of the molecule is CCCc1[nH]c(=O)n(C2CCCCO2)c(=O)c1Cl. The molecule has 2 rings (SSSR count). The van der Waals surface area contributed by atoms with Gasteiger partial charge in [-0.2, -0.15) is 0 Å². The molecule has 0 spiro atoms. The average Bonchev–Trinajstić information content (AvgIpc) is 2.37. The number of hydrogen-bond acceptors (Lipinski definition) is 3. The lowest BCUT2D eigenvalue weighted by Gasteiger charge is -2.23. The van der Waals surface area contributed by atoms with Crippen molar-refractivity contribution in [2.45, 2.75) is 45.3 Å². The summed E-state index contributed by atoms with van der Waals surface area (Å²) < 4.78 is 6.56. The number of aromatic amines is 1. The summed E-state index contributed by atoms with van der Waals surface area (Å²) in [6, 6.07) is 0. The first kappa shape index (κ1) is 13.4. The van der Waals surface area contributed by atoms with E-state index in [-0.39, 0.29) is 5.02 Å². The van der Waals surface area contributed by atoms with Crippen LogP contribution in [-0.2, 0) is 11.2 Å². The summed E-state index contributed by atoms with van der Waals surface area (Å²) >= 11 is 6.01. The fourth-order valence-electron chi connectivity index (χ4n) is 2.18. The Labute approximate surface area is 110 Å². The molecular formula is C12H17ClN2O3. The van der Waals surface area contributed by atoms with Crippen LogP contribution < -0.4 is 11.2 Å². The van der Waals surface area contributed by atoms with E-state index < -0.39 is 17.5 Å². The number of halogens is 1. The number of ether oxygens (including phenoxy) is 1. The summed E-state index contributed by atoms with van der Waals surface area (Å²) in [6.45, 7) is 2.54. The third-order valence-electron chi connectivity index (χ3n) is 3.09. The highest BCUT2D eigenvalue weighted by Gasteiger charge is 2.21. The second-order valence-corrected chi connectivity index (χ2v) is 4.85. The van der Waals surface area contributed by atoms with E-state index in [2.05, 4.69) is 4.98 Å². The van der Waals surface area contributed by atoms with Gasteiger partial charge in [-0.25, -0.2) is 9.36 Å². The van der Waals surface area contributed by atoms with Gasteiger partial charge in [-0.3, -0.25) is 4.79 Å². The van der Waals surface area contributed by atoms with Gasteiger partial charge in [0.05, 0.1) is 0 Å². The molecule has 5 nitrogen and oxygen atoms in total. The van der Waals surface area contributed by atoms with Gasteiger partial charge < -0.3 is 9.72 Å². The van der Waals surface area contributed by atoms with Crippen molar-refractivity contribution in [3.8, 4) is 0 Å². The fraction of sp³-hybridized carbons (Fsp3) is 0.667. The van der Waals surface area contributed by atoms with Crippen LogP contribution in [0.4, 0.5) is 0 Å². The Bertz CT molecular complexity index is 529. The maximum absolute atomic E-state index is 12.1. The first-order chi connectivity index (χ1) is 8.65. The molecule has 100 valence electrons. The number of aryl methyl sites for hydroxylation is 1. The maximum atomic E-state index is 12.1. The monoisotopic (exact) mass is 272 g/mol. The van der Waals surface area contributed by atoms with E-state index in [0.29, 0.717) is 25.1 Å². The van der Waals surface area contributed by atoms with Gasteiger partial charge in [0.2, 0.25) is 0 Å². The maximum Gasteiger partial charge on any atom is 0.330 e. The minimum Gasteiger partial charge on any atom is -0.358 e. The predicted molar refractivity (Wildman–Crippen MR) is 69.2 cm³/mol.